The molecule has 6 heteroatoms. The first-order valence-electron chi connectivity index (χ1n) is 5.26. The van der Waals surface area contributed by atoms with Gasteiger partial charge in [0.15, 0.2) is 0 Å². The summed E-state index contributed by atoms with van der Waals surface area (Å²) >= 11 is 0. The van der Waals surface area contributed by atoms with Crippen molar-refractivity contribution >= 4 is 17.7 Å². The van der Waals surface area contributed by atoms with Gasteiger partial charge in [-0.05, 0) is 13.3 Å². The van der Waals surface area contributed by atoms with Crippen LogP contribution in [0.5, 0.6) is 0 Å². The van der Waals surface area contributed by atoms with Gasteiger partial charge in [-0.3, -0.25) is 14.4 Å². The van der Waals surface area contributed by atoms with Crippen molar-refractivity contribution < 1.29 is 14.4 Å². The molecule has 1 heterocycles. The van der Waals surface area contributed by atoms with E-state index in [1.807, 2.05) is 0 Å². The number of amides is 3. The molecule has 1 fully saturated rings. The van der Waals surface area contributed by atoms with E-state index in [1.165, 1.54) is 11.8 Å². The molecule has 3 amide bonds. The molecule has 1 unspecified atom stereocenters. The topological polar surface area (TPSA) is 78.5 Å². The molecule has 0 spiro atoms. The summed E-state index contributed by atoms with van der Waals surface area (Å²) in [6.45, 7) is 3.54. The second-order valence-electron chi connectivity index (χ2n) is 3.87. The van der Waals surface area contributed by atoms with E-state index in [-0.39, 0.29) is 23.8 Å². The van der Waals surface area contributed by atoms with Gasteiger partial charge in [-0.2, -0.15) is 0 Å². The molecule has 1 aliphatic rings. The summed E-state index contributed by atoms with van der Waals surface area (Å²) in [6.07, 6.45) is 0.679. The van der Waals surface area contributed by atoms with Crippen LogP contribution in [0.15, 0.2) is 0 Å². The molecule has 1 aliphatic heterocycles. The van der Waals surface area contributed by atoms with E-state index in [0.29, 0.717) is 13.0 Å². The molecule has 0 aromatic carbocycles. The molecule has 1 saturated heterocycles. The molecule has 0 aliphatic carbocycles. The fraction of sp³-hybridized carbons (Fsp3) is 0.700. The highest BCUT2D eigenvalue weighted by Gasteiger charge is 2.38. The highest BCUT2D eigenvalue weighted by atomic mass is 16.2. The van der Waals surface area contributed by atoms with Gasteiger partial charge in [0.1, 0.15) is 12.1 Å². The van der Waals surface area contributed by atoms with E-state index in [9.17, 15) is 14.4 Å². The quantitative estimate of drug-likeness (QED) is 0.639. The number of hydrogen-bond acceptors (Lipinski definition) is 3. The van der Waals surface area contributed by atoms with Crippen molar-refractivity contribution in [3.05, 3.63) is 0 Å². The van der Waals surface area contributed by atoms with Gasteiger partial charge in [-0.1, -0.05) is 0 Å². The number of hydrogen-bond donors (Lipinski definition) is 2. The number of likely N-dealkylation sites (tertiary alicyclic amines) is 1. The Morgan fingerprint density at radius 1 is 1.38 bits per heavy atom. The SMILES string of the molecule is CNC(=O)C1CCN1C(=O)[C@H](C)NC(C)=O. The normalized spacial score (nSPS) is 20.7. The summed E-state index contributed by atoms with van der Waals surface area (Å²) in [7, 11) is 1.54. The smallest absolute Gasteiger partial charge is 0.245 e. The van der Waals surface area contributed by atoms with Crippen molar-refractivity contribution in [2.45, 2.75) is 32.4 Å². The van der Waals surface area contributed by atoms with Crippen LogP contribution in [-0.2, 0) is 14.4 Å². The summed E-state index contributed by atoms with van der Waals surface area (Å²) in [6, 6.07) is -0.960. The van der Waals surface area contributed by atoms with Crippen molar-refractivity contribution in [3.8, 4) is 0 Å². The molecule has 2 N–H and O–H groups in total. The molecule has 0 aromatic rings. The molecule has 16 heavy (non-hydrogen) atoms. The maximum absolute atomic E-state index is 11.8. The third-order valence-corrected chi connectivity index (χ3v) is 2.64. The second-order valence-corrected chi connectivity index (χ2v) is 3.87. The Hall–Kier alpha value is -1.59. The Balaban J connectivity index is 2.55. The number of nitrogens with zero attached hydrogens (tertiary/aromatic N) is 1. The Morgan fingerprint density at radius 2 is 2.00 bits per heavy atom. The van der Waals surface area contributed by atoms with E-state index in [0.717, 1.165) is 0 Å². The molecule has 0 radical (unpaired) electrons. The maximum atomic E-state index is 11.8. The molecule has 0 aromatic heterocycles. The number of rotatable bonds is 3. The first-order valence-corrected chi connectivity index (χ1v) is 5.26. The van der Waals surface area contributed by atoms with E-state index >= 15 is 0 Å². The summed E-state index contributed by atoms with van der Waals surface area (Å²) < 4.78 is 0. The summed E-state index contributed by atoms with van der Waals surface area (Å²) in [4.78, 5) is 35.5. The maximum Gasteiger partial charge on any atom is 0.245 e. The fourth-order valence-electron chi connectivity index (χ4n) is 1.71. The molecule has 2 atom stereocenters. The lowest BCUT2D eigenvalue weighted by Gasteiger charge is -2.40. The van der Waals surface area contributed by atoms with Crippen LogP contribution in [0.1, 0.15) is 20.3 Å². The summed E-state index contributed by atoms with van der Waals surface area (Å²) in [5.74, 6) is -0.623. The van der Waals surface area contributed by atoms with Crippen LogP contribution < -0.4 is 10.6 Å². The van der Waals surface area contributed by atoms with Gasteiger partial charge in [0, 0.05) is 20.5 Å². The largest absolute Gasteiger partial charge is 0.357 e. The van der Waals surface area contributed by atoms with Gasteiger partial charge < -0.3 is 15.5 Å². The van der Waals surface area contributed by atoms with Crippen LogP contribution in [0.25, 0.3) is 0 Å². The van der Waals surface area contributed by atoms with Crippen molar-refractivity contribution in [1.82, 2.24) is 15.5 Å². The van der Waals surface area contributed by atoms with Gasteiger partial charge in [0.25, 0.3) is 0 Å². The second kappa shape index (κ2) is 4.96. The zero-order valence-corrected chi connectivity index (χ0v) is 9.74. The minimum atomic E-state index is -0.579. The van der Waals surface area contributed by atoms with Crippen LogP contribution in [0, 0.1) is 0 Å². The molecular formula is C10H17N3O3. The Bertz CT molecular complexity index is 316. The lowest BCUT2D eigenvalue weighted by atomic mass is 10.0. The van der Waals surface area contributed by atoms with E-state index in [4.69, 9.17) is 0 Å². The van der Waals surface area contributed by atoms with Crippen LogP contribution in [-0.4, -0.2) is 48.3 Å². The summed E-state index contributed by atoms with van der Waals surface area (Å²) in [5, 5.41) is 5.02. The third kappa shape index (κ3) is 2.50. The molecule has 90 valence electrons. The van der Waals surface area contributed by atoms with Crippen LogP contribution in [0.2, 0.25) is 0 Å². The van der Waals surface area contributed by atoms with E-state index < -0.39 is 6.04 Å². The van der Waals surface area contributed by atoms with E-state index in [2.05, 4.69) is 10.6 Å². The number of carbonyl (C=O) groups is 3. The predicted octanol–water partition coefficient (Wildman–Crippen LogP) is -1.14. The van der Waals surface area contributed by atoms with Crippen molar-refractivity contribution in [2.75, 3.05) is 13.6 Å². The van der Waals surface area contributed by atoms with Gasteiger partial charge in [0.2, 0.25) is 17.7 Å². The summed E-state index contributed by atoms with van der Waals surface area (Å²) in [5.41, 5.74) is 0. The highest BCUT2D eigenvalue weighted by Crippen LogP contribution is 2.18. The van der Waals surface area contributed by atoms with Gasteiger partial charge in [-0.25, -0.2) is 0 Å². The average Bonchev–Trinajstić information content (AvgIpc) is 2.14. The first kappa shape index (κ1) is 12.5. The number of carbonyl (C=O) groups excluding carboxylic acids is 3. The van der Waals surface area contributed by atoms with Gasteiger partial charge in [0.05, 0.1) is 0 Å². The standard InChI is InChI=1S/C10H17N3O3/c1-6(12-7(2)14)10(16)13-5-4-8(13)9(15)11-3/h6,8H,4-5H2,1-3H3,(H,11,15)(H,12,14)/t6-,8?/m0/s1. The number of likely N-dealkylation sites (N-methyl/N-ethyl adjacent to an activating group) is 1. The van der Waals surface area contributed by atoms with Crippen LogP contribution in [0.3, 0.4) is 0 Å². The van der Waals surface area contributed by atoms with Crippen molar-refractivity contribution in [1.29, 1.82) is 0 Å². The molecule has 0 saturated carbocycles. The highest BCUT2D eigenvalue weighted by molar-refractivity contribution is 5.92. The number of nitrogens with one attached hydrogen (secondary N) is 2. The average molecular weight is 227 g/mol. The molecule has 1 rings (SSSR count). The van der Waals surface area contributed by atoms with Crippen LogP contribution in [0.4, 0.5) is 0 Å². The van der Waals surface area contributed by atoms with Crippen LogP contribution >= 0.6 is 0 Å². The molecular weight excluding hydrogens is 210 g/mol. The van der Waals surface area contributed by atoms with Crippen molar-refractivity contribution in [2.24, 2.45) is 0 Å². The minimum Gasteiger partial charge on any atom is -0.357 e. The molecule has 0 bridgehead atoms. The lowest BCUT2D eigenvalue weighted by molar-refractivity contribution is -0.149. The van der Waals surface area contributed by atoms with E-state index in [1.54, 1.807) is 14.0 Å². The fourth-order valence-corrected chi connectivity index (χ4v) is 1.71. The monoisotopic (exact) mass is 227 g/mol. The molecule has 6 nitrogen and oxygen atoms in total. The Kier molecular flexibility index (Phi) is 3.87. The lowest BCUT2D eigenvalue weighted by Crippen LogP contribution is -2.61. The van der Waals surface area contributed by atoms with Crippen molar-refractivity contribution in [3.63, 3.8) is 0 Å². The third-order valence-electron chi connectivity index (χ3n) is 2.64. The zero-order valence-electron chi connectivity index (χ0n) is 9.74. The predicted molar refractivity (Wildman–Crippen MR) is 57.5 cm³/mol. The van der Waals surface area contributed by atoms with Gasteiger partial charge >= 0.3 is 0 Å². The Labute approximate surface area is 94.4 Å². The van der Waals surface area contributed by atoms with Gasteiger partial charge in [-0.15, -0.1) is 0 Å². The Morgan fingerprint density at radius 3 is 2.38 bits per heavy atom. The minimum absolute atomic E-state index is 0.158. The zero-order chi connectivity index (χ0) is 12.3. The first-order chi connectivity index (χ1) is 7.47.